The minimum absolute atomic E-state index is 0.290. The van der Waals surface area contributed by atoms with Crippen molar-refractivity contribution in [2.45, 2.75) is 19.9 Å². The molecule has 1 amide bonds. The number of carbonyl (C=O) groups is 1. The van der Waals surface area contributed by atoms with E-state index in [1.807, 2.05) is 62.4 Å². The van der Waals surface area contributed by atoms with Crippen molar-refractivity contribution in [2.24, 2.45) is 0 Å². The lowest BCUT2D eigenvalue weighted by Gasteiger charge is -2.29. The maximum atomic E-state index is 13.9. The molecule has 10 nitrogen and oxygen atoms in total. The first-order chi connectivity index (χ1) is 19.5. The molecule has 3 aromatic carbocycles. The maximum absolute atomic E-state index is 13.9. The van der Waals surface area contributed by atoms with Crippen molar-refractivity contribution in [1.82, 2.24) is 14.8 Å². The summed E-state index contributed by atoms with van der Waals surface area (Å²) >= 11 is 0. The fourth-order valence-electron chi connectivity index (χ4n) is 4.70. The van der Waals surface area contributed by atoms with Crippen molar-refractivity contribution in [1.29, 1.82) is 0 Å². The van der Waals surface area contributed by atoms with Crippen LogP contribution in [0.5, 0.6) is 23.0 Å². The number of carbonyl (C=O) groups excluding carboxylic acids is 1. The Kier molecular flexibility index (Phi) is 7.59. The zero-order chi connectivity index (χ0) is 28.2. The fourth-order valence-corrected chi connectivity index (χ4v) is 4.70. The molecule has 2 heterocycles. The van der Waals surface area contributed by atoms with E-state index in [4.69, 9.17) is 29.0 Å². The summed E-state index contributed by atoms with van der Waals surface area (Å²) in [5.74, 6) is 3.16. The molecular weight excluding hydrogens is 510 g/mol. The minimum atomic E-state index is -0.567. The van der Waals surface area contributed by atoms with E-state index in [1.165, 1.54) is 0 Å². The summed E-state index contributed by atoms with van der Waals surface area (Å²) in [5.41, 5.74) is 3.30. The van der Waals surface area contributed by atoms with Crippen molar-refractivity contribution in [3.05, 3.63) is 83.6 Å². The van der Waals surface area contributed by atoms with Crippen LogP contribution in [0.4, 0.5) is 11.6 Å². The number of anilines is 2. The standard InChI is InChI=1S/C30H31N5O5/c1-6-40-21-14-11-19(12-15-21)27-26(29(36)32-22-9-7-8-10-23(22)37-3)18(2)31-30-33-28(34-35(27)30)20-13-16-24(38-4)25(17-20)39-5/h7-17,27H,6H2,1-5H3,(H,32,36)(H,31,33,34). The van der Waals surface area contributed by atoms with Gasteiger partial charge in [-0.3, -0.25) is 4.79 Å². The van der Waals surface area contributed by atoms with Gasteiger partial charge in [0.25, 0.3) is 5.91 Å². The Morgan fingerprint density at radius 2 is 1.68 bits per heavy atom. The van der Waals surface area contributed by atoms with Crippen molar-refractivity contribution >= 4 is 17.5 Å². The number of allylic oxidation sites excluding steroid dienone is 1. The highest BCUT2D eigenvalue weighted by Crippen LogP contribution is 2.39. The van der Waals surface area contributed by atoms with E-state index in [-0.39, 0.29) is 5.91 Å². The van der Waals surface area contributed by atoms with E-state index in [0.717, 1.165) is 16.9 Å². The topological polar surface area (TPSA) is 109 Å². The van der Waals surface area contributed by atoms with Gasteiger partial charge in [0, 0.05) is 11.3 Å². The molecule has 0 spiro atoms. The third-order valence-corrected chi connectivity index (χ3v) is 6.60. The molecule has 2 N–H and O–H groups in total. The average Bonchev–Trinajstić information content (AvgIpc) is 3.40. The first-order valence-electron chi connectivity index (χ1n) is 12.8. The zero-order valence-corrected chi connectivity index (χ0v) is 23.0. The largest absolute Gasteiger partial charge is 0.495 e. The van der Waals surface area contributed by atoms with Crippen molar-refractivity contribution in [3.63, 3.8) is 0 Å². The van der Waals surface area contributed by atoms with Crippen molar-refractivity contribution in [2.75, 3.05) is 38.6 Å². The number of nitrogens with one attached hydrogen (secondary N) is 2. The lowest BCUT2D eigenvalue weighted by atomic mass is 9.95. The average molecular weight is 542 g/mol. The van der Waals surface area contributed by atoms with E-state index in [2.05, 4.69) is 10.6 Å². The van der Waals surface area contributed by atoms with E-state index in [1.54, 1.807) is 44.2 Å². The first kappa shape index (κ1) is 26.6. The zero-order valence-electron chi connectivity index (χ0n) is 23.0. The number of benzene rings is 3. The van der Waals surface area contributed by atoms with Crippen LogP contribution in [0.15, 0.2) is 78.0 Å². The van der Waals surface area contributed by atoms with Crippen LogP contribution in [0.2, 0.25) is 0 Å². The number of fused-ring (bicyclic) bond motifs is 1. The van der Waals surface area contributed by atoms with Crippen LogP contribution in [0, 0.1) is 0 Å². The van der Waals surface area contributed by atoms with Gasteiger partial charge in [-0.25, -0.2) is 4.68 Å². The molecule has 40 heavy (non-hydrogen) atoms. The van der Waals surface area contributed by atoms with Crippen LogP contribution in [-0.2, 0) is 4.79 Å². The minimum Gasteiger partial charge on any atom is -0.495 e. The molecule has 1 atom stereocenters. The van der Waals surface area contributed by atoms with Gasteiger partial charge in [-0.1, -0.05) is 24.3 Å². The molecule has 10 heteroatoms. The molecule has 1 aromatic heterocycles. The molecule has 1 unspecified atom stereocenters. The molecule has 1 aliphatic rings. The van der Waals surface area contributed by atoms with Crippen LogP contribution < -0.4 is 29.6 Å². The van der Waals surface area contributed by atoms with Crippen LogP contribution in [0.1, 0.15) is 25.5 Å². The highest BCUT2D eigenvalue weighted by molar-refractivity contribution is 6.06. The van der Waals surface area contributed by atoms with Crippen molar-refractivity contribution in [3.8, 4) is 34.4 Å². The Labute approximate surface area is 232 Å². The molecule has 0 aliphatic carbocycles. The number of aromatic nitrogens is 3. The Morgan fingerprint density at radius 3 is 2.38 bits per heavy atom. The number of nitrogens with zero attached hydrogens (tertiary/aromatic N) is 3. The summed E-state index contributed by atoms with van der Waals surface area (Å²) in [7, 11) is 4.73. The normalized spacial score (nSPS) is 14.2. The van der Waals surface area contributed by atoms with Crippen LogP contribution in [0.3, 0.4) is 0 Å². The number of para-hydroxylation sites is 2. The molecule has 206 valence electrons. The second-order valence-corrected chi connectivity index (χ2v) is 9.00. The second kappa shape index (κ2) is 11.4. The molecule has 0 bridgehead atoms. The Hall–Kier alpha value is -4.99. The SMILES string of the molecule is CCOc1ccc(C2C(C(=O)Nc3ccccc3OC)=C(C)Nc3nc(-c4ccc(OC)c(OC)c4)nn32)cc1. The quantitative estimate of drug-likeness (QED) is 0.294. The summed E-state index contributed by atoms with van der Waals surface area (Å²) in [6.07, 6.45) is 0. The van der Waals surface area contributed by atoms with E-state index in [9.17, 15) is 4.79 Å². The predicted molar refractivity (Wildman–Crippen MR) is 152 cm³/mol. The summed E-state index contributed by atoms with van der Waals surface area (Å²) in [4.78, 5) is 18.6. The highest BCUT2D eigenvalue weighted by atomic mass is 16.5. The lowest BCUT2D eigenvalue weighted by Crippen LogP contribution is -2.31. The molecule has 5 rings (SSSR count). The predicted octanol–water partition coefficient (Wildman–Crippen LogP) is 5.30. The van der Waals surface area contributed by atoms with E-state index in [0.29, 0.717) is 52.6 Å². The number of hydrogen-bond donors (Lipinski definition) is 2. The number of amides is 1. The molecule has 0 saturated carbocycles. The first-order valence-corrected chi connectivity index (χ1v) is 12.8. The Morgan fingerprint density at radius 1 is 0.950 bits per heavy atom. The number of hydrogen-bond acceptors (Lipinski definition) is 8. The smallest absolute Gasteiger partial charge is 0.255 e. The maximum Gasteiger partial charge on any atom is 0.255 e. The highest BCUT2D eigenvalue weighted by Gasteiger charge is 2.35. The monoisotopic (exact) mass is 541 g/mol. The number of ether oxygens (including phenoxy) is 4. The molecule has 0 radical (unpaired) electrons. The summed E-state index contributed by atoms with van der Waals surface area (Å²) in [5, 5.41) is 11.1. The summed E-state index contributed by atoms with van der Waals surface area (Å²) in [6, 6.07) is 19.9. The Balaban J connectivity index is 1.59. The molecular formula is C30H31N5O5. The van der Waals surface area contributed by atoms with Crippen LogP contribution in [0.25, 0.3) is 11.4 Å². The van der Waals surface area contributed by atoms with Gasteiger partial charge in [0.15, 0.2) is 17.3 Å². The second-order valence-electron chi connectivity index (χ2n) is 9.00. The van der Waals surface area contributed by atoms with Gasteiger partial charge < -0.3 is 29.6 Å². The number of methoxy groups -OCH3 is 3. The van der Waals surface area contributed by atoms with Crippen LogP contribution >= 0.6 is 0 Å². The van der Waals surface area contributed by atoms with Gasteiger partial charge >= 0.3 is 0 Å². The van der Waals surface area contributed by atoms with Gasteiger partial charge in [-0.2, -0.15) is 4.98 Å². The molecule has 0 fully saturated rings. The van der Waals surface area contributed by atoms with Crippen LogP contribution in [-0.4, -0.2) is 48.6 Å². The third-order valence-electron chi connectivity index (χ3n) is 6.60. The lowest BCUT2D eigenvalue weighted by molar-refractivity contribution is -0.113. The van der Waals surface area contributed by atoms with E-state index < -0.39 is 6.04 Å². The summed E-state index contributed by atoms with van der Waals surface area (Å²) < 4.78 is 23.7. The summed E-state index contributed by atoms with van der Waals surface area (Å²) in [6.45, 7) is 4.34. The number of rotatable bonds is 9. The fraction of sp³-hybridized carbons (Fsp3) is 0.233. The van der Waals surface area contributed by atoms with Gasteiger partial charge in [-0.15, -0.1) is 5.10 Å². The molecule has 4 aromatic rings. The van der Waals surface area contributed by atoms with Gasteiger partial charge in [0.05, 0.1) is 39.2 Å². The Bertz CT molecular complexity index is 1560. The van der Waals surface area contributed by atoms with E-state index >= 15 is 0 Å². The van der Waals surface area contributed by atoms with Gasteiger partial charge in [0.1, 0.15) is 17.5 Å². The molecule has 1 aliphatic heterocycles. The van der Waals surface area contributed by atoms with Gasteiger partial charge in [0.2, 0.25) is 5.95 Å². The molecule has 0 saturated heterocycles. The third kappa shape index (κ3) is 5.03. The van der Waals surface area contributed by atoms with Crippen molar-refractivity contribution < 1.29 is 23.7 Å². The van der Waals surface area contributed by atoms with Gasteiger partial charge in [-0.05, 0) is 61.9 Å².